The third kappa shape index (κ3) is 6.99. The summed E-state index contributed by atoms with van der Waals surface area (Å²) in [6, 6.07) is 0. The molecule has 1 atom stereocenters. The topological polar surface area (TPSA) is 50.7 Å². The summed E-state index contributed by atoms with van der Waals surface area (Å²) in [4.78, 5) is 0. The Morgan fingerprint density at radius 3 is 2.76 bits per heavy atom. The van der Waals surface area contributed by atoms with Gasteiger partial charge in [-0.2, -0.15) is 0 Å². The molecule has 0 amide bonds. The van der Waals surface area contributed by atoms with Gasteiger partial charge in [0.1, 0.15) is 0 Å². The number of nitrogens with one attached hydrogen (secondary N) is 1. The van der Waals surface area contributed by atoms with Gasteiger partial charge in [-0.25, -0.2) is 0 Å². The van der Waals surface area contributed by atoms with E-state index in [-0.39, 0.29) is 0 Å². The molecule has 0 spiro atoms. The lowest BCUT2D eigenvalue weighted by Gasteiger charge is -2.26. The lowest BCUT2D eigenvalue weighted by Crippen LogP contribution is -2.42. The van der Waals surface area contributed by atoms with E-state index >= 15 is 0 Å². The first kappa shape index (κ1) is 14.9. The van der Waals surface area contributed by atoms with Crippen LogP contribution in [0.5, 0.6) is 0 Å². The zero-order chi connectivity index (χ0) is 12.6. The Balaban J connectivity index is 2.06. The number of ether oxygens (including phenoxy) is 2. The van der Waals surface area contributed by atoms with Gasteiger partial charge < -0.3 is 19.9 Å². The van der Waals surface area contributed by atoms with Crippen LogP contribution in [0.25, 0.3) is 0 Å². The fraction of sp³-hybridized carbons (Fsp3) is 1.00. The van der Waals surface area contributed by atoms with Gasteiger partial charge in [-0.3, -0.25) is 0 Å². The molecule has 1 rings (SSSR count). The van der Waals surface area contributed by atoms with Crippen molar-refractivity contribution in [1.29, 1.82) is 0 Å². The molecule has 17 heavy (non-hydrogen) atoms. The summed E-state index contributed by atoms with van der Waals surface area (Å²) in [6.45, 7) is 8.31. The number of hydrogen-bond donors (Lipinski definition) is 2. The molecule has 4 nitrogen and oxygen atoms in total. The standard InChI is InChI=1S/C13H27NO3/c1-3-6-14-10-13(2,15)11-17-9-12-4-7-16-8-5-12/h12,14-15H,3-11H2,1-2H3. The quantitative estimate of drug-likeness (QED) is 0.631. The Kier molecular flexibility index (Phi) is 7.04. The monoisotopic (exact) mass is 245 g/mol. The maximum absolute atomic E-state index is 10.1. The minimum absolute atomic E-state index is 0.404. The van der Waals surface area contributed by atoms with Crippen LogP contribution in [0.2, 0.25) is 0 Å². The molecule has 0 bridgehead atoms. The van der Waals surface area contributed by atoms with Crippen LogP contribution in [0.3, 0.4) is 0 Å². The summed E-state index contributed by atoms with van der Waals surface area (Å²) < 4.78 is 10.9. The fourth-order valence-electron chi connectivity index (χ4n) is 1.94. The van der Waals surface area contributed by atoms with Gasteiger partial charge in [-0.1, -0.05) is 6.92 Å². The second-order valence-electron chi connectivity index (χ2n) is 5.24. The van der Waals surface area contributed by atoms with Crippen molar-refractivity contribution in [2.45, 2.75) is 38.7 Å². The van der Waals surface area contributed by atoms with E-state index in [1.165, 1.54) is 0 Å². The maximum Gasteiger partial charge on any atom is 0.0975 e. The zero-order valence-electron chi connectivity index (χ0n) is 11.2. The summed E-state index contributed by atoms with van der Waals surface area (Å²) in [5, 5.41) is 13.3. The third-order valence-electron chi connectivity index (χ3n) is 3.04. The number of rotatable bonds is 8. The Morgan fingerprint density at radius 2 is 2.12 bits per heavy atom. The average molecular weight is 245 g/mol. The highest BCUT2D eigenvalue weighted by molar-refractivity contribution is 4.75. The van der Waals surface area contributed by atoms with E-state index in [2.05, 4.69) is 12.2 Å². The van der Waals surface area contributed by atoms with Crippen LogP contribution < -0.4 is 5.32 Å². The molecule has 1 saturated heterocycles. The molecular formula is C13H27NO3. The van der Waals surface area contributed by atoms with Crippen LogP contribution in [-0.4, -0.2) is 50.2 Å². The Bertz CT molecular complexity index is 191. The van der Waals surface area contributed by atoms with Crippen molar-refractivity contribution >= 4 is 0 Å². The molecule has 4 heteroatoms. The van der Waals surface area contributed by atoms with Gasteiger partial charge in [0.15, 0.2) is 0 Å². The first-order valence-corrected chi connectivity index (χ1v) is 6.72. The van der Waals surface area contributed by atoms with E-state index in [4.69, 9.17) is 9.47 Å². The highest BCUT2D eigenvalue weighted by atomic mass is 16.5. The lowest BCUT2D eigenvalue weighted by atomic mass is 10.0. The highest BCUT2D eigenvalue weighted by Crippen LogP contribution is 2.15. The van der Waals surface area contributed by atoms with Crippen molar-refractivity contribution in [3.8, 4) is 0 Å². The van der Waals surface area contributed by atoms with E-state index in [0.29, 0.717) is 19.1 Å². The Hall–Kier alpha value is -0.160. The molecule has 102 valence electrons. The van der Waals surface area contributed by atoms with Crippen LogP contribution in [0.15, 0.2) is 0 Å². The van der Waals surface area contributed by atoms with Gasteiger partial charge in [-0.05, 0) is 38.6 Å². The van der Waals surface area contributed by atoms with Gasteiger partial charge in [0, 0.05) is 26.4 Å². The van der Waals surface area contributed by atoms with Crippen molar-refractivity contribution in [2.24, 2.45) is 5.92 Å². The smallest absolute Gasteiger partial charge is 0.0975 e. The predicted octanol–water partition coefficient (Wildman–Crippen LogP) is 1.18. The van der Waals surface area contributed by atoms with Crippen molar-refractivity contribution in [3.63, 3.8) is 0 Å². The van der Waals surface area contributed by atoms with Gasteiger partial charge >= 0.3 is 0 Å². The summed E-state index contributed by atoms with van der Waals surface area (Å²) in [6.07, 6.45) is 3.24. The molecule has 0 aromatic carbocycles. The van der Waals surface area contributed by atoms with E-state index < -0.39 is 5.60 Å². The molecule has 1 fully saturated rings. The molecule has 1 heterocycles. The summed E-state index contributed by atoms with van der Waals surface area (Å²) in [7, 11) is 0. The largest absolute Gasteiger partial charge is 0.386 e. The van der Waals surface area contributed by atoms with Crippen molar-refractivity contribution < 1.29 is 14.6 Å². The van der Waals surface area contributed by atoms with Gasteiger partial charge in [0.2, 0.25) is 0 Å². The normalized spacial score (nSPS) is 21.4. The second kappa shape index (κ2) is 8.03. The molecule has 1 aliphatic rings. The Labute approximate surface area is 105 Å². The minimum Gasteiger partial charge on any atom is -0.386 e. The summed E-state index contributed by atoms with van der Waals surface area (Å²) in [5.41, 5.74) is -0.764. The van der Waals surface area contributed by atoms with Gasteiger partial charge in [0.25, 0.3) is 0 Å². The number of aliphatic hydroxyl groups is 1. The zero-order valence-corrected chi connectivity index (χ0v) is 11.2. The summed E-state index contributed by atoms with van der Waals surface area (Å²) in [5.74, 6) is 0.600. The molecule has 0 aromatic rings. The SMILES string of the molecule is CCCNCC(C)(O)COCC1CCOCC1. The maximum atomic E-state index is 10.1. The van der Waals surface area contributed by atoms with Crippen LogP contribution in [0, 0.1) is 5.92 Å². The van der Waals surface area contributed by atoms with E-state index in [1.807, 2.05) is 6.92 Å². The minimum atomic E-state index is -0.764. The van der Waals surface area contributed by atoms with Crippen LogP contribution in [0.1, 0.15) is 33.1 Å². The van der Waals surface area contributed by atoms with Crippen molar-refractivity contribution in [1.82, 2.24) is 5.32 Å². The Morgan fingerprint density at radius 1 is 1.41 bits per heavy atom. The summed E-state index contributed by atoms with van der Waals surface area (Å²) >= 11 is 0. The molecule has 2 N–H and O–H groups in total. The third-order valence-corrected chi connectivity index (χ3v) is 3.04. The second-order valence-corrected chi connectivity index (χ2v) is 5.24. The molecule has 1 unspecified atom stereocenters. The van der Waals surface area contributed by atoms with E-state index in [0.717, 1.165) is 45.6 Å². The molecule has 0 aliphatic carbocycles. The molecule has 0 radical (unpaired) electrons. The molecular weight excluding hydrogens is 218 g/mol. The molecule has 1 aliphatic heterocycles. The van der Waals surface area contributed by atoms with Crippen LogP contribution in [-0.2, 0) is 9.47 Å². The van der Waals surface area contributed by atoms with E-state index in [1.54, 1.807) is 0 Å². The first-order valence-electron chi connectivity index (χ1n) is 6.72. The van der Waals surface area contributed by atoms with Crippen molar-refractivity contribution in [3.05, 3.63) is 0 Å². The molecule has 0 aromatic heterocycles. The fourth-order valence-corrected chi connectivity index (χ4v) is 1.94. The van der Waals surface area contributed by atoms with Crippen LogP contribution >= 0.6 is 0 Å². The predicted molar refractivity (Wildman–Crippen MR) is 68.1 cm³/mol. The van der Waals surface area contributed by atoms with E-state index in [9.17, 15) is 5.11 Å². The van der Waals surface area contributed by atoms with Crippen molar-refractivity contribution in [2.75, 3.05) is 39.5 Å². The number of hydrogen-bond acceptors (Lipinski definition) is 4. The lowest BCUT2D eigenvalue weighted by molar-refractivity contribution is -0.0520. The first-order chi connectivity index (χ1) is 8.14. The van der Waals surface area contributed by atoms with Crippen LogP contribution in [0.4, 0.5) is 0 Å². The average Bonchev–Trinajstić information content (AvgIpc) is 2.30. The highest BCUT2D eigenvalue weighted by Gasteiger charge is 2.21. The molecule has 0 saturated carbocycles. The van der Waals surface area contributed by atoms with Gasteiger partial charge in [0.05, 0.1) is 12.2 Å². The van der Waals surface area contributed by atoms with Gasteiger partial charge in [-0.15, -0.1) is 0 Å².